The fraction of sp³-hybridized carbons (Fsp3) is 0.0769. The summed E-state index contributed by atoms with van der Waals surface area (Å²) in [4.78, 5) is 0. The van der Waals surface area contributed by atoms with Gasteiger partial charge in [-0.05, 0) is 6.07 Å². The van der Waals surface area contributed by atoms with Gasteiger partial charge in [0, 0.05) is 17.1 Å². The SMILES string of the molecule is Fc1cc[c-]c(OCc2ccccc2F)c1.[Zn+][Br]. The zero-order valence-corrected chi connectivity index (χ0v) is 14.1. The summed E-state index contributed by atoms with van der Waals surface area (Å²) in [5.74, 6) is -0.468. The zero-order valence-electron chi connectivity index (χ0n) is 9.50. The Morgan fingerprint density at radius 1 is 1.17 bits per heavy atom. The third kappa shape index (κ3) is 4.83. The monoisotopic (exact) mass is 362 g/mol. The van der Waals surface area contributed by atoms with Crippen molar-refractivity contribution in [3.63, 3.8) is 0 Å². The van der Waals surface area contributed by atoms with Gasteiger partial charge in [-0.2, -0.15) is 6.07 Å². The van der Waals surface area contributed by atoms with E-state index in [0.29, 0.717) is 5.56 Å². The normalized spacial score (nSPS) is 9.39. The second-order valence-electron chi connectivity index (χ2n) is 3.25. The standard InChI is InChI=1S/C13H9F2O.BrH.Zn/c14-11-5-3-6-12(8-11)16-9-10-4-1-2-7-13(10)15;;/h1-5,7-8H,9H2;1H;/q-1;;+2/p-1. The van der Waals surface area contributed by atoms with Gasteiger partial charge in [-0.3, -0.25) is 0 Å². The van der Waals surface area contributed by atoms with Crippen molar-refractivity contribution >= 4 is 13.6 Å². The second-order valence-corrected chi connectivity index (χ2v) is 3.25. The fourth-order valence-corrected chi connectivity index (χ4v) is 1.27. The molecule has 0 saturated carbocycles. The summed E-state index contributed by atoms with van der Waals surface area (Å²) in [7, 11) is 0. The quantitative estimate of drug-likeness (QED) is 0.586. The van der Waals surface area contributed by atoms with Gasteiger partial charge in [0.05, 0.1) is 0 Å². The van der Waals surface area contributed by atoms with E-state index in [9.17, 15) is 8.78 Å². The van der Waals surface area contributed by atoms with Gasteiger partial charge in [0.2, 0.25) is 0 Å². The van der Waals surface area contributed by atoms with Crippen molar-refractivity contribution in [2.24, 2.45) is 0 Å². The van der Waals surface area contributed by atoms with E-state index in [1.165, 1.54) is 40.6 Å². The first-order chi connectivity index (χ1) is 8.75. The molecule has 1 nitrogen and oxygen atoms in total. The minimum atomic E-state index is -0.401. The molecule has 0 aliphatic carbocycles. The Labute approximate surface area is 121 Å². The Balaban J connectivity index is 0.000000771. The van der Waals surface area contributed by atoms with Crippen LogP contribution in [0.5, 0.6) is 5.75 Å². The molecule has 2 aromatic rings. The van der Waals surface area contributed by atoms with E-state index in [2.05, 4.69) is 19.7 Å². The topological polar surface area (TPSA) is 9.23 Å². The Kier molecular flexibility index (Phi) is 7.06. The van der Waals surface area contributed by atoms with Crippen LogP contribution in [0.3, 0.4) is 0 Å². The summed E-state index contributed by atoms with van der Waals surface area (Å²) in [6.45, 7) is 0.0621. The predicted molar refractivity (Wildman–Crippen MR) is 64.9 cm³/mol. The fourth-order valence-electron chi connectivity index (χ4n) is 1.27. The number of halogens is 3. The third-order valence-electron chi connectivity index (χ3n) is 2.08. The van der Waals surface area contributed by atoms with Crippen molar-refractivity contribution in [1.29, 1.82) is 0 Å². The average Bonchev–Trinajstić information content (AvgIpc) is 2.40. The number of benzene rings is 2. The van der Waals surface area contributed by atoms with Crippen LogP contribution in [0.15, 0.2) is 42.5 Å². The van der Waals surface area contributed by atoms with E-state index in [1.807, 2.05) is 0 Å². The summed E-state index contributed by atoms with van der Waals surface area (Å²) in [5.41, 5.74) is 0.431. The minimum absolute atomic E-state index is 0.0621. The van der Waals surface area contributed by atoms with E-state index < -0.39 is 5.82 Å². The molecule has 0 N–H and O–H groups in total. The molecule has 90 valence electrons. The number of hydrogen-bond acceptors (Lipinski definition) is 1. The van der Waals surface area contributed by atoms with Crippen molar-refractivity contribution in [2.45, 2.75) is 6.61 Å². The molecule has 5 heteroatoms. The van der Waals surface area contributed by atoms with Crippen LogP contribution in [0.4, 0.5) is 8.78 Å². The van der Waals surface area contributed by atoms with Gasteiger partial charge in [0.15, 0.2) is 0 Å². The third-order valence-corrected chi connectivity index (χ3v) is 2.08. The van der Waals surface area contributed by atoms with Gasteiger partial charge >= 0.3 is 30.0 Å². The molecule has 2 rings (SSSR count). The Morgan fingerprint density at radius 2 is 1.89 bits per heavy atom. The van der Waals surface area contributed by atoms with E-state index in [1.54, 1.807) is 18.2 Å². The molecule has 0 unspecified atom stereocenters. The van der Waals surface area contributed by atoms with Gasteiger partial charge in [0.25, 0.3) is 0 Å². The van der Waals surface area contributed by atoms with Crippen LogP contribution >= 0.6 is 13.6 Å². The second kappa shape index (κ2) is 8.33. The van der Waals surface area contributed by atoms with Crippen molar-refractivity contribution in [1.82, 2.24) is 0 Å². The van der Waals surface area contributed by atoms with Gasteiger partial charge in [0.1, 0.15) is 12.4 Å². The van der Waals surface area contributed by atoms with Crippen molar-refractivity contribution in [3.05, 3.63) is 65.7 Å². The molecule has 0 bridgehead atoms. The molecule has 0 atom stereocenters. The zero-order chi connectivity index (χ0) is 13.4. The van der Waals surface area contributed by atoms with Crippen molar-refractivity contribution < 1.29 is 29.9 Å². The van der Waals surface area contributed by atoms with Gasteiger partial charge < -0.3 is 4.74 Å². The summed E-state index contributed by atoms with van der Waals surface area (Å²) in [6, 6.07) is 12.9. The van der Waals surface area contributed by atoms with E-state index in [0.717, 1.165) is 0 Å². The molecule has 0 aliphatic heterocycles. The first-order valence-corrected chi connectivity index (χ1v) is 12.0. The summed E-state index contributed by atoms with van der Waals surface area (Å²) in [6.07, 6.45) is 0. The summed E-state index contributed by atoms with van der Waals surface area (Å²) >= 11 is 4.25. The van der Waals surface area contributed by atoms with E-state index in [-0.39, 0.29) is 18.2 Å². The molecule has 0 fully saturated rings. The van der Waals surface area contributed by atoms with Crippen LogP contribution < -0.4 is 4.74 Å². The van der Waals surface area contributed by atoms with Gasteiger partial charge in [-0.15, -0.1) is 12.1 Å². The maximum atomic E-state index is 13.2. The first-order valence-electron chi connectivity index (χ1n) is 5.06. The van der Waals surface area contributed by atoms with Crippen molar-refractivity contribution in [3.8, 4) is 5.75 Å². The van der Waals surface area contributed by atoms with Crippen LogP contribution in [0.1, 0.15) is 5.56 Å². The Bertz CT molecular complexity index is 494. The molecule has 0 radical (unpaired) electrons. The number of ether oxygens (including phenoxy) is 1. The van der Waals surface area contributed by atoms with Gasteiger partial charge in [-0.1, -0.05) is 24.3 Å². The molecule has 0 aliphatic rings. The van der Waals surface area contributed by atoms with Crippen LogP contribution in [-0.2, 0) is 22.9 Å². The molecular weight excluding hydrogens is 355 g/mol. The average molecular weight is 365 g/mol. The van der Waals surface area contributed by atoms with Crippen LogP contribution in [0.25, 0.3) is 0 Å². The number of rotatable bonds is 3. The molecule has 0 spiro atoms. The molecule has 0 aromatic heterocycles. The molecule has 0 heterocycles. The molecular formula is C13H9BrF2OZn. The molecule has 0 saturated heterocycles. The summed E-state index contributed by atoms with van der Waals surface area (Å²) < 4.78 is 31.2. The molecule has 18 heavy (non-hydrogen) atoms. The Hall–Kier alpha value is -0.797. The molecule has 0 amide bonds. The predicted octanol–water partition coefficient (Wildman–Crippen LogP) is 4.19. The van der Waals surface area contributed by atoms with Crippen LogP contribution in [-0.4, -0.2) is 0 Å². The van der Waals surface area contributed by atoms with E-state index >= 15 is 0 Å². The Morgan fingerprint density at radius 3 is 2.56 bits per heavy atom. The van der Waals surface area contributed by atoms with Crippen LogP contribution in [0.2, 0.25) is 0 Å². The maximum absolute atomic E-state index is 13.2. The number of hydrogen-bond donors (Lipinski definition) is 0. The van der Waals surface area contributed by atoms with Gasteiger partial charge in [-0.25, -0.2) is 8.78 Å². The summed E-state index contributed by atoms with van der Waals surface area (Å²) in [5, 5.41) is 0. The van der Waals surface area contributed by atoms with Crippen LogP contribution in [0, 0.1) is 17.7 Å². The van der Waals surface area contributed by atoms with Crippen molar-refractivity contribution in [2.75, 3.05) is 0 Å². The van der Waals surface area contributed by atoms with E-state index in [4.69, 9.17) is 4.74 Å². The molecule has 2 aromatic carbocycles. The first kappa shape index (κ1) is 15.3.